The summed E-state index contributed by atoms with van der Waals surface area (Å²) >= 11 is 11.8. The number of piperazine rings is 1. The number of nitrogens with one attached hydrogen (secondary N) is 1. The molecule has 21 heavy (non-hydrogen) atoms. The molecule has 1 N–H and O–H groups in total. The van der Waals surface area contributed by atoms with Crippen LogP contribution in [0.4, 0.5) is 0 Å². The third-order valence-electron chi connectivity index (χ3n) is 3.51. The van der Waals surface area contributed by atoms with E-state index in [0.29, 0.717) is 17.6 Å². The first kappa shape index (κ1) is 19.0. The van der Waals surface area contributed by atoms with Gasteiger partial charge in [0.2, 0.25) is 0 Å². The molecule has 8 heteroatoms. The Morgan fingerprint density at radius 1 is 1.38 bits per heavy atom. The number of hydrogen-bond acceptors (Lipinski definition) is 4. The van der Waals surface area contributed by atoms with E-state index in [1.165, 1.54) is 12.1 Å². The molecular formula is C13H19Cl3N2O2S. The molecule has 0 aliphatic carbocycles. The maximum absolute atomic E-state index is 12.4. The average molecular weight is 374 g/mol. The molecule has 0 radical (unpaired) electrons. The van der Waals surface area contributed by atoms with Gasteiger partial charge in [0.25, 0.3) is 0 Å². The molecule has 0 bridgehead atoms. The van der Waals surface area contributed by atoms with Gasteiger partial charge in [0.1, 0.15) is 0 Å². The SMILES string of the molecule is C[C@H]1CNCCN1CCS(=O)(=O)c1cc(Cl)ccc1Cl.Cl. The lowest BCUT2D eigenvalue weighted by Gasteiger charge is -2.33. The highest BCUT2D eigenvalue weighted by Crippen LogP contribution is 2.26. The summed E-state index contributed by atoms with van der Waals surface area (Å²) in [5.74, 6) is 0.0530. The third-order valence-corrected chi connectivity index (χ3v) is 5.92. The Morgan fingerprint density at radius 2 is 2.10 bits per heavy atom. The minimum Gasteiger partial charge on any atom is -0.314 e. The van der Waals surface area contributed by atoms with Crippen LogP contribution >= 0.6 is 35.6 Å². The van der Waals surface area contributed by atoms with E-state index in [-0.39, 0.29) is 28.1 Å². The Labute approximate surface area is 142 Å². The van der Waals surface area contributed by atoms with Gasteiger partial charge >= 0.3 is 0 Å². The smallest absolute Gasteiger partial charge is 0.181 e. The maximum Gasteiger partial charge on any atom is 0.181 e. The van der Waals surface area contributed by atoms with Crippen molar-refractivity contribution in [3.8, 4) is 0 Å². The summed E-state index contributed by atoms with van der Waals surface area (Å²) in [7, 11) is -3.41. The molecule has 1 aromatic carbocycles. The van der Waals surface area contributed by atoms with E-state index in [2.05, 4.69) is 17.1 Å². The zero-order valence-electron chi connectivity index (χ0n) is 11.7. The summed E-state index contributed by atoms with van der Waals surface area (Å²) < 4.78 is 24.7. The zero-order valence-corrected chi connectivity index (χ0v) is 14.8. The lowest BCUT2D eigenvalue weighted by Crippen LogP contribution is -2.50. The second-order valence-electron chi connectivity index (χ2n) is 4.98. The Bertz CT molecular complexity index is 581. The van der Waals surface area contributed by atoms with Gasteiger partial charge in [-0.25, -0.2) is 8.42 Å². The molecule has 0 amide bonds. The molecule has 1 heterocycles. The predicted octanol–water partition coefficient (Wildman–Crippen LogP) is 2.48. The van der Waals surface area contributed by atoms with E-state index in [4.69, 9.17) is 23.2 Å². The van der Waals surface area contributed by atoms with E-state index in [9.17, 15) is 8.42 Å². The average Bonchev–Trinajstić information content (AvgIpc) is 2.40. The van der Waals surface area contributed by atoms with Gasteiger partial charge in [0.15, 0.2) is 9.84 Å². The topological polar surface area (TPSA) is 49.4 Å². The van der Waals surface area contributed by atoms with Gasteiger partial charge in [-0.05, 0) is 25.1 Å². The molecule has 120 valence electrons. The number of rotatable bonds is 4. The molecule has 1 saturated heterocycles. The van der Waals surface area contributed by atoms with Crippen molar-refractivity contribution in [3.63, 3.8) is 0 Å². The van der Waals surface area contributed by atoms with E-state index in [1.54, 1.807) is 6.07 Å². The van der Waals surface area contributed by atoms with Crippen LogP contribution < -0.4 is 5.32 Å². The van der Waals surface area contributed by atoms with Crippen LogP contribution in [-0.2, 0) is 9.84 Å². The minimum absolute atomic E-state index is 0. The van der Waals surface area contributed by atoms with Gasteiger partial charge in [0.05, 0.1) is 15.7 Å². The van der Waals surface area contributed by atoms with Crippen LogP contribution in [0.15, 0.2) is 23.1 Å². The standard InChI is InChI=1S/C13H18Cl2N2O2S.ClH/c1-10-9-16-4-5-17(10)6-7-20(18,19)13-8-11(14)2-3-12(13)15;/h2-3,8,10,16H,4-7,9H2,1H3;1H/t10-;/m0./s1. The van der Waals surface area contributed by atoms with Crippen molar-refractivity contribution in [2.45, 2.75) is 17.9 Å². The van der Waals surface area contributed by atoms with Crippen LogP contribution in [-0.4, -0.2) is 51.3 Å². The second-order valence-corrected chi connectivity index (χ2v) is 7.90. The van der Waals surface area contributed by atoms with Gasteiger partial charge in [-0.1, -0.05) is 23.2 Å². The largest absolute Gasteiger partial charge is 0.314 e. The van der Waals surface area contributed by atoms with Gasteiger partial charge in [-0.3, -0.25) is 4.90 Å². The molecule has 4 nitrogen and oxygen atoms in total. The molecule has 1 aromatic rings. The number of sulfone groups is 1. The maximum atomic E-state index is 12.4. The highest BCUT2D eigenvalue weighted by atomic mass is 35.5. The number of nitrogens with zero attached hydrogens (tertiary/aromatic N) is 1. The van der Waals surface area contributed by atoms with Gasteiger partial charge < -0.3 is 5.32 Å². The fraction of sp³-hybridized carbons (Fsp3) is 0.538. The monoisotopic (exact) mass is 372 g/mol. The molecule has 2 rings (SSSR count). The molecule has 0 unspecified atom stereocenters. The summed E-state index contributed by atoms with van der Waals surface area (Å²) in [6.07, 6.45) is 0. The van der Waals surface area contributed by atoms with E-state index in [0.717, 1.165) is 19.6 Å². The van der Waals surface area contributed by atoms with Crippen molar-refractivity contribution in [3.05, 3.63) is 28.2 Å². The van der Waals surface area contributed by atoms with Crippen LogP contribution in [0.2, 0.25) is 10.0 Å². The number of hydrogen-bond donors (Lipinski definition) is 1. The first-order chi connectivity index (χ1) is 9.40. The quantitative estimate of drug-likeness (QED) is 0.881. The zero-order chi connectivity index (χ0) is 14.8. The Kier molecular flexibility index (Phi) is 7.24. The minimum atomic E-state index is -3.41. The van der Waals surface area contributed by atoms with E-state index < -0.39 is 9.84 Å². The van der Waals surface area contributed by atoms with Gasteiger partial charge in [-0.15, -0.1) is 12.4 Å². The highest BCUT2D eigenvalue weighted by Gasteiger charge is 2.23. The molecular weight excluding hydrogens is 355 g/mol. The second kappa shape index (κ2) is 7.99. The third kappa shape index (κ3) is 4.98. The molecule has 0 saturated carbocycles. The van der Waals surface area contributed by atoms with Gasteiger partial charge in [0, 0.05) is 37.2 Å². The summed E-state index contributed by atoms with van der Waals surface area (Å²) in [5.41, 5.74) is 0. The van der Waals surface area contributed by atoms with E-state index >= 15 is 0 Å². The number of halogens is 3. The Hall–Kier alpha value is -0.0400. The van der Waals surface area contributed by atoms with Crippen molar-refractivity contribution in [2.75, 3.05) is 31.9 Å². The molecule has 1 fully saturated rings. The lowest BCUT2D eigenvalue weighted by atomic mass is 10.2. The molecule has 0 spiro atoms. The van der Waals surface area contributed by atoms with Crippen LogP contribution in [0.25, 0.3) is 0 Å². The molecule has 1 aliphatic rings. The summed E-state index contributed by atoms with van der Waals surface area (Å²) in [6.45, 7) is 5.24. The van der Waals surface area contributed by atoms with Crippen LogP contribution in [0.3, 0.4) is 0 Å². The Balaban J connectivity index is 0.00000220. The molecule has 0 aromatic heterocycles. The fourth-order valence-corrected chi connectivity index (χ4v) is 4.35. The molecule has 1 atom stereocenters. The van der Waals surface area contributed by atoms with Crippen LogP contribution in [0.1, 0.15) is 6.92 Å². The van der Waals surface area contributed by atoms with Crippen LogP contribution in [0, 0.1) is 0 Å². The van der Waals surface area contributed by atoms with E-state index in [1.807, 2.05) is 0 Å². The summed E-state index contributed by atoms with van der Waals surface area (Å²) in [6, 6.07) is 4.86. The van der Waals surface area contributed by atoms with Crippen molar-refractivity contribution in [2.24, 2.45) is 0 Å². The highest BCUT2D eigenvalue weighted by molar-refractivity contribution is 7.91. The first-order valence-electron chi connectivity index (χ1n) is 6.53. The molecule has 1 aliphatic heterocycles. The fourth-order valence-electron chi connectivity index (χ4n) is 2.28. The predicted molar refractivity (Wildman–Crippen MR) is 89.7 cm³/mol. The van der Waals surface area contributed by atoms with Gasteiger partial charge in [-0.2, -0.15) is 0 Å². The van der Waals surface area contributed by atoms with Crippen molar-refractivity contribution >= 4 is 45.4 Å². The normalized spacial score (nSPS) is 20.0. The Morgan fingerprint density at radius 3 is 2.76 bits per heavy atom. The summed E-state index contributed by atoms with van der Waals surface area (Å²) in [5, 5.41) is 3.88. The van der Waals surface area contributed by atoms with Crippen LogP contribution in [0.5, 0.6) is 0 Å². The number of benzene rings is 1. The van der Waals surface area contributed by atoms with Crippen molar-refractivity contribution in [1.82, 2.24) is 10.2 Å². The summed E-state index contributed by atoms with van der Waals surface area (Å²) in [4.78, 5) is 2.29. The first-order valence-corrected chi connectivity index (χ1v) is 8.93. The van der Waals surface area contributed by atoms with Crippen molar-refractivity contribution < 1.29 is 8.42 Å². The lowest BCUT2D eigenvalue weighted by molar-refractivity contribution is 0.184. The van der Waals surface area contributed by atoms with Crippen molar-refractivity contribution in [1.29, 1.82) is 0 Å².